The molecule has 1 heterocycles. The molecule has 0 bridgehead atoms. The molecule has 3 heteroatoms. The highest BCUT2D eigenvalue weighted by molar-refractivity contribution is 6.32. The normalized spacial score (nSPS) is 12.4. The van der Waals surface area contributed by atoms with Crippen molar-refractivity contribution >= 4 is 11.6 Å². The number of rotatable bonds is 5. The van der Waals surface area contributed by atoms with Gasteiger partial charge in [0.15, 0.2) is 0 Å². The topological polar surface area (TPSA) is 24.9 Å². The first-order valence-electron chi connectivity index (χ1n) is 6.60. The average molecular weight is 275 g/mol. The molecule has 2 aromatic rings. The first-order valence-corrected chi connectivity index (χ1v) is 6.98. The second-order valence-electron chi connectivity index (χ2n) is 4.61. The minimum absolute atomic E-state index is 0.201. The van der Waals surface area contributed by atoms with Gasteiger partial charge in [-0.1, -0.05) is 42.8 Å². The summed E-state index contributed by atoms with van der Waals surface area (Å²) in [6.07, 6.45) is 2.67. The Bertz CT molecular complexity index is 526. The maximum Gasteiger partial charge on any atom is 0.0483 e. The molecule has 0 fully saturated rings. The smallest absolute Gasteiger partial charge is 0.0483 e. The number of halogens is 1. The Balaban J connectivity index is 2.27. The predicted octanol–water partition coefficient (Wildman–Crippen LogP) is 3.94. The molecule has 0 saturated carbocycles. The number of likely N-dealkylation sites (N-methyl/N-ethyl adjacent to an activating group) is 1. The fraction of sp³-hybridized carbons (Fsp3) is 0.312. The van der Waals surface area contributed by atoms with E-state index in [1.165, 1.54) is 0 Å². The van der Waals surface area contributed by atoms with E-state index in [9.17, 15) is 0 Å². The zero-order valence-corrected chi connectivity index (χ0v) is 12.1. The molecule has 1 aromatic carbocycles. The third-order valence-corrected chi connectivity index (χ3v) is 3.70. The molecule has 0 saturated heterocycles. The third-order valence-electron chi connectivity index (χ3n) is 3.19. The van der Waals surface area contributed by atoms with Crippen LogP contribution in [-0.4, -0.2) is 11.5 Å². The summed E-state index contributed by atoms with van der Waals surface area (Å²) in [7, 11) is 0. The van der Waals surface area contributed by atoms with Gasteiger partial charge < -0.3 is 5.32 Å². The van der Waals surface area contributed by atoms with E-state index < -0.39 is 0 Å². The van der Waals surface area contributed by atoms with Gasteiger partial charge in [-0.2, -0.15) is 0 Å². The van der Waals surface area contributed by atoms with Gasteiger partial charge >= 0.3 is 0 Å². The van der Waals surface area contributed by atoms with Crippen LogP contribution in [0.3, 0.4) is 0 Å². The van der Waals surface area contributed by atoms with Crippen LogP contribution in [-0.2, 0) is 6.42 Å². The molecule has 100 valence electrons. The summed E-state index contributed by atoms with van der Waals surface area (Å²) in [6, 6.07) is 12.4. The van der Waals surface area contributed by atoms with Crippen LogP contribution in [0, 0.1) is 6.92 Å². The summed E-state index contributed by atoms with van der Waals surface area (Å²) in [6.45, 7) is 5.05. The largest absolute Gasteiger partial charge is 0.310 e. The Kier molecular flexibility index (Phi) is 4.94. The van der Waals surface area contributed by atoms with Crippen molar-refractivity contribution in [1.29, 1.82) is 0 Å². The van der Waals surface area contributed by atoms with Gasteiger partial charge in [-0.05, 0) is 36.7 Å². The molecule has 0 amide bonds. The maximum atomic E-state index is 6.43. The molecule has 1 unspecified atom stereocenters. The molecule has 0 aliphatic heterocycles. The van der Waals surface area contributed by atoms with E-state index in [0.717, 1.165) is 34.8 Å². The Morgan fingerprint density at radius 3 is 2.74 bits per heavy atom. The fourth-order valence-corrected chi connectivity index (χ4v) is 2.46. The van der Waals surface area contributed by atoms with Crippen molar-refractivity contribution < 1.29 is 0 Å². The van der Waals surface area contributed by atoms with Crippen LogP contribution in [0.25, 0.3) is 0 Å². The summed E-state index contributed by atoms with van der Waals surface area (Å²) >= 11 is 6.43. The lowest BCUT2D eigenvalue weighted by Crippen LogP contribution is -2.23. The van der Waals surface area contributed by atoms with Gasteiger partial charge in [-0.25, -0.2) is 0 Å². The number of benzene rings is 1. The summed E-state index contributed by atoms with van der Waals surface area (Å²) in [5.41, 5.74) is 3.34. The monoisotopic (exact) mass is 274 g/mol. The second-order valence-corrected chi connectivity index (χ2v) is 4.99. The molecule has 0 aliphatic rings. The predicted molar refractivity (Wildman–Crippen MR) is 80.5 cm³/mol. The second kappa shape index (κ2) is 6.69. The maximum absolute atomic E-state index is 6.43. The van der Waals surface area contributed by atoms with Gasteiger partial charge in [-0.15, -0.1) is 0 Å². The third kappa shape index (κ3) is 3.55. The summed E-state index contributed by atoms with van der Waals surface area (Å²) in [4.78, 5) is 4.40. The first kappa shape index (κ1) is 14.0. The number of nitrogens with zero attached hydrogens (tertiary/aromatic N) is 1. The van der Waals surface area contributed by atoms with Crippen molar-refractivity contribution in [2.24, 2.45) is 0 Å². The molecule has 0 aliphatic carbocycles. The molecular formula is C16H19ClN2. The molecule has 0 radical (unpaired) electrons. The van der Waals surface area contributed by atoms with Crippen molar-refractivity contribution in [3.63, 3.8) is 0 Å². The van der Waals surface area contributed by atoms with Gasteiger partial charge in [0.2, 0.25) is 0 Å². The van der Waals surface area contributed by atoms with Crippen LogP contribution < -0.4 is 5.32 Å². The number of pyridine rings is 1. The van der Waals surface area contributed by atoms with Crippen molar-refractivity contribution in [2.75, 3.05) is 6.54 Å². The first-order chi connectivity index (χ1) is 9.22. The van der Waals surface area contributed by atoms with Crippen LogP contribution >= 0.6 is 11.6 Å². The van der Waals surface area contributed by atoms with Crippen LogP contribution in [0.15, 0.2) is 42.6 Å². The van der Waals surface area contributed by atoms with E-state index in [0.29, 0.717) is 0 Å². The van der Waals surface area contributed by atoms with E-state index in [-0.39, 0.29) is 6.04 Å². The minimum atomic E-state index is 0.201. The molecule has 19 heavy (non-hydrogen) atoms. The van der Waals surface area contributed by atoms with E-state index in [2.05, 4.69) is 29.4 Å². The molecule has 0 spiro atoms. The molecule has 1 atom stereocenters. The van der Waals surface area contributed by atoms with Gasteiger partial charge in [0.05, 0.1) is 0 Å². The van der Waals surface area contributed by atoms with Crippen molar-refractivity contribution in [3.05, 3.63) is 64.4 Å². The highest BCUT2D eigenvalue weighted by Gasteiger charge is 2.15. The molecule has 2 rings (SSSR count). The highest BCUT2D eigenvalue weighted by Crippen LogP contribution is 2.28. The van der Waals surface area contributed by atoms with E-state index >= 15 is 0 Å². The number of aromatic nitrogens is 1. The number of nitrogens with one attached hydrogen (secondary N) is 1. The number of aryl methyl sites for hydroxylation is 1. The lowest BCUT2D eigenvalue weighted by atomic mass is 9.99. The fourth-order valence-electron chi connectivity index (χ4n) is 2.21. The van der Waals surface area contributed by atoms with Crippen LogP contribution in [0.1, 0.15) is 29.8 Å². The van der Waals surface area contributed by atoms with Crippen LogP contribution in [0.4, 0.5) is 0 Å². The van der Waals surface area contributed by atoms with Gasteiger partial charge in [0, 0.05) is 29.4 Å². The van der Waals surface area contributed by atoms with Crippen molar-refractivity contribution in [1.82, 2.24) is 10.3 Å². The summed E-state index contributed by atoms with van der Waals surface area (Å²) in [5, 5.41) is 4.34. The Labute approximate surface area is 119 Å². The van der Waals surface area contributed by atoms with E-state index in [1.807, 2.05) is 37.4 Å². The molecular weight excluding hydrogens is 256 g/mol. The van der Waals surface area contributed by atoms with E-state index in [4.69, 9.17) is 11.6 Å². The van der Waals surface area contributed by atoms with Crippen molar-refractivity contribution in [2.45, 2.75) is 26.3 Å². The van der Waals surface area contributed by atoms with Crippen molar-refractivity contribution in [3.8, 4) is 0 Å². The minimum Gasteiger partial charge on any atom is -0.310 e. The lowest BCUT2D eigenvalue weighted by molar-refractivity contribution is 0.544. The Hall–Kier alpha value is -1.38. The zero-order chi connectivity index (χ0) is 13.7. The molecule has 2 nitrogen and oxygen atoms in total. The number of hydrogen-bond acceptors (Lipinski definition) is 2. The van der Waals surface area contributed by atoms with Gasteiger partial charge in [0.25, 0.3) is 0 Å². The summed E-state index contributed by atoms with van der Waals surface area (Å²) in [5.74, 6) is 0. The van der Waals surface area contributed by atoms with Crippen LogP contribution in [0.5, 0.6) is 0 Å². The number of hydrogen-bond donors (Lipinski definition) is 1. The summed E-state index contributed by atoms with van der Waals surface area (Å²) < 4.78 is 0. The SMILES string of the molecule is CCNC(Cc1ccccn1)c1cccc(C)c1Cl. The highest BCUT2D eigenvalue weighted by atomic mass is 35.5. The standard InChI is InChI=1S/C16H19ClN2/c1-3-18-15(11-13-8-4-5-10-19-13)14-9-6-7-12(2)16(14)17/h4-10,15,18H,3,11H2,1-2H3. The average Bonchev–Trinajstić information content (AvgIpc) is 2.43. The molecule has 1 N–H and O–H groups in total. The Morgan fingerprint density at radius 1 is 1.21 bits per heavy atom. The van der Waals surface area contributed by atoms with Gasteiger partial charge in [-0.3, -0.25) is 4.98 Å². The lowest BCUT2D eigenvalue weighted by Gasteiger charge is -2.20. The zero-order valence-electron chi connectivity index (χ0n) is 11.4. The van der Waals surface area contributed by atoms with Gasteiger partial charge in [0.1, 0.15) is 0 Å². The van der Waals surface area contributed by atoms with E-state index in [1.54, 1.807) is 0 Å². The molecule has 1 aromatic heterocycles. The van der Waals surface area contributed by atoms with Crippen LogP contribution in [0.2, 0.25) is 5.02 Å². The quantitative estimate of drug-likeness (QED) is 0.893. The Morgan fingerprint density at radius 2 is 2.05 bits per heavy atom.